The van der Waals surface area contributed by atoms with E-state index in [1.807, 2.05) is 72.8 Å². The van der Waals surface area contributed by atoms with Crippen LogP contribution in [0, 0.1) is 0 Å². The molecule has 1 amide bonds. The van der Waals surface area contributed by atoms with Gasteiger partial charge in [-0.15, -0.1) is 0 Å². The van der Waals surface area contributed by atoms with Crippen LogP contribution >= 0.6 is 15.9 Å². The van der Waals surface area contributed by atoms with E-state index in [2.05, 4.69) is 40.3 Å². The lowest BCUT2D eigenvalue weighted by Gasteiger charge is -2.20. The lowest BCUT2D eigenvalue weighted by atomic mass is 9.96. The zero-order valence-electron chi connectivity index (χ0n) is 16.8. The van der Waals surface area contributed by atoms with Crippen molar-refractivity contribution in [3.05, 3.63) is 102 Å². The summed E-state index contributed by atoms with van der Waals surface area (Å²) in [6, 6.07) is 27.9. The summed E-state index contributed by atoms with van der Waals surface area (Å²) >= 11 is 3.62. The number of nitrogens with one attached hydrogen (secondary N) is 1. The molecule has 30 heavy (non-hydrogen) atoms. The molecular formula is C26H23BrN2O. The second-order valence-electron chi connectivity index (χ2n) is 7.18. The maximum Gasteiger partial charge on any atom is 0.252 e. The number of nitrogens with zero attached hydrogens (tertiary/aromatic N) is 1. The average molecular weight is 459 g/mol. The van der Waals surface area contributed by atoms with Gasteiger partial charge in [-0.2, -0.15) is 0 Å². The van der Waals surface area contributed by atoms with E-state index in [-0.39, 0.29) is 11.9 Å². The first-order chi connectivity index (χ1) is 14.7. The minimum Gasteiger partial charge on any atom is -0.345 e. The van der Waals surface area contributed by atoms with E-state index in [1.165, 1.54) is 0 Å². The van der Waals surface area contributed by atoms with Crippen LogP contribution in [-0.2, 0) is 5.33 Å². The fourth-order valence-corrected chi connectivity index (χ4v) is 4.36. The Labute approximate surface area is 185 Å². The van der Waals surface area contributed by atoms with E-state index in [0.29, 0.717) is 10.9 Å². The number of para-hydroxylation sites is 1. The highest BCUT2D eigenvalue weighted by Crippen LogP contribution is 2.32. The van der Waals surface area contributed by atoms with Crippen molar-refractivity contribution in [1.82, 2.24) is 10.3 Å². The summed E-state index contributed by atoms with van der Waals surface area (Å²) in [6.45, 7) is 2.09. The van der Waals surface area contributed by atoms with E-state index in [0.717, 1.165) is 39.7 Å². The summed E-state index contributed by atoms with van der Waals surface area (Å²) in [6.07, 6.45) is 0.813. The van der Waals surface area contributed by atoms with Gasteiger partial charge >= 0.3 is 0 Å². The van der Waals surface area contributed by atoms with Crippen molar-refractivity contribution in [2.75, 3.05) is 0 Å². The van der Waals surface area contributed by atoms with Gasteiger partial charge in [0, 0.05) is 21.8 Å². The summed E-state index contributed by atoms with van der Waals surface area (Å²) in [7, 11) is 0. The van der Waals surface area contributed by atoms with Crippen LogP contribution in [0.3, 0.4) is 0 Å². The van der Waals surface area contributed by atoms with E-state index in [9.17, 15) is 4.79 Å². The Hall–Kier alpha value is -2.98. The highest BCUT2D eigenvalue weighted by molar-refractivity contribution is 9.08. The summed E-state index contributed by atoms with van der Waals surface area (Å²) < 4.78 is 0. The van der Waals surface area contributed by atoms with E-state index in [4.69, 9.17) is 4.98 Å². The predicted octanol–water partition coefficient (Wildman–Crippen LogP) is 6.68. The van der Waals surface area contributed by atoms with Crippen LogP contribution in [0.25, 0.3) is 22.2 Å². The second kappa shape index (κ2) is 9.23. The number of aromatic nitrogens is 1. The quantitative estimate of drug-likeness (QED) is 0.327. The lowest BCUT2D eigenvalue weighted by Crippen LogP contribution is -2.29. The fraction of sp³-hybridized carbons (Fsp3) is 0.154. The van der Waals surface area contributed by atoms with Gasteiger partial charge in [0.25, 0.3) is 5.91 Å². The van der Waals surface area contributed by atoms with Crippen LogP contribution in [0.15, 0.2) is 84.9 Å². The number of halogens is 1. The molecule has 0 radical (unpaired) electrons. The molecule has 4 rings (SSSR count). The van der Waals surface area contributed by atoms with Gasteiger partial charge in [-0.05, 0) is 18.1 Å². The van der Waals surface area contributed by atoms with Crippen LogP contribution in [0.5, 0.6) is 0 Å². The number of hydrogen-bond acceptors (Lipinski definition) is 2. The van der Waals surface area contributed by atoms with Crippen molar-refractivity contribution in [2.45, 2.75) is 24.7 Å². The molecule has 0 saturated heterocycles. The third-order valence-corrected chi connectivity index (χ3v) is 5.88. The molecule has 0 bridgehead atoms. The average Bonchev–Trinajstić information content (AvgIpc) is 2.82. The molecule has 1 aromatic heterocycles. The smallest absolute Gasteiger partial charge is 0.252 e. The van der Waals surface area contributed by atoms with Crippen molar-refractivity contribution in [3.8, 4) is 11.3 Å². The predicted molar refractivity (Wildman–Crippen MR) is 127 cm³/mol. The number of rotatable bonds is 6. The van der Waals surface area contributed by atoms with Crippen LogP contribution in [0.2, 0.25) is 0 Å². The van der Waals surface area contributed by atoms with Crippen molar-refractivity contribution < 1.29 is 4.79 Å². The normalized spacial score (nSPS) is 11.9. The maximum atomic E-state index is 13.6. The Balaban J connectivity index is 1.85. The number of benzene rings is 3. The van der Waals surface area contributed by atoms with Crippen molar-refractivity contribution >= 4 is 32.7 Å². The Morgan fingerprint density at radius 1 is 0.933 bits per heavy atom. The molecule has 1 N–H and O–H groups in total. The molecule has 150 valence electrons. The molecule has 4 heteroatoms. The third kappa shape index (κ3) is 4.01. The summed E-state index contributed by atoms with van der Waals surface area (Å²) in [4.78, 5) is 18.5. The van der Waals surface area contributed by atoms with Gasteiger partial charge in [0.2, 0.25) is 0 Å². The molecule has 0 unspecified atom stereocenters. The van der Waals surface area contributed by atoms with Crippen LogP contribution in [-0.4, -0.2) is 10.9 Å². The maximum absolute atomic E-state index is 13.6. The molecule has 0 fully saturated rings. The molecule has 0 aliphatic rings. The van der Waals surface area contributed by atoms with Crippen molar-refractivity contribution in [1.29, 1.82) is 0 Å². The number of pyridine rings is 1. The molecule has 4 aromatic rings. The Bertz CT molecular complexity index is 1160. The van der Waals surface area contributed by atoms with Gasteiger partial charge in [0.1, 0.15) is 0 Å². The van der Waals surface area contributed by atoms with Gasteiger partial charge in [-0.25, -0.2) is 4.98 Å². The zero-order valence-corrected chi connectivity index (χ0v) is 18.4. The summed E-state index contributed by atoms with van der Waals surface area (Å²) in [5, 5.41) is 4.67. The first-order valence-corrected chi connectivity index (χ1v) is 11.2. The number of carbonyl (C=O) groups is 1. The molecule has 1 atom stereocenters. The largest absolute Gasteiger partial charge is 0.345 e. The first kappa shape index (κ1) is 20.3. The van der Waals surface area contributed by atoms with E-state index < -0.39 is 0 Å². The molecule has 0 saturated carbocycles. The molecule has 0 aliphatic carbocycles. The van der Waals surface area contributed by atoms with Gasteiger partial charge < -0.3 is 5.32 Å². The number of alkyl halides is 1. The van der Waals surface area contributed by atoms with E-state index >= 15 is 0 Å². The molecule has 1 heterocycles. The summed E-state index contributed by atoms with van der Waals surface area (Å²) in [5.41, 5.74) is 5.35. The Morgan fingerprint density at radius 2 is 1.57 bits per heavy atom. The number of hydrogen-bond donors (Lipinski definition) is 1. The third-order valence-electron chi connectivity index (χ3n) is 5.32. The van der Waals surface area contributed by atoms with Crippen LogP contribution in [0.4, 0.5) is 0 Å². The van der Waals surface area contributed by atoms with Crippen molar-refractivity contribution in [2.24, 2.45) is 0 Å². The standard InChI is InChI=1S/C26H23BrN2O/c1-2-22(18-11-5-3-6-12-18)29-26(30)24-20-15-9-10-16-23(20)28-25(21(24)17-27)19-13-7-4-8-14-19/h3-16,22H,2,17H2,1H3,(H,29,30)/t22-/m0/s1. The zero-order chi connectivity index (χ0) is 20.9. The topological polar surface area (TPSA) is 42.0 Å². The molecule has 3 aromatic carbocycles. The Morgan fingerprint density at radius 3 is 2.23 bits per heavy atom. The molecule has 3 nitrogen and oxygen atoms in total. The highest BCUT2D eigenvalue weighted by Gasteiger charge is 2.23. The van der Waals surface area contributed by atoms with Gasteiger partial charge in [0.05, 0.1) is 22.8 Å². The molecular weight excluding hydrogens is 436 g/mol. The lowest BCUT2D eigenvalue weighted by molar-refractivity contribution is 0.0936. The van der Waals surface area contributed by atoms with Crippen LogP contribution in [0.1, 0.15) is 40.9 Å². The SMILES string of the molecule is CC[C@H](NC(=O)c1c(CBr)c(-c2ccccc2)nc2ccccc12)c1ccccc1. The van der Waals surface area contributed by atoms with E-state index in [1.54, 1.807) is 0 Å². The minimum atomic E-state index is -0.0732. The first-order valence-electron chi connectivity index (χ1n) is 10.1. The minimum absolute atomic E-state index is 0.0472. The fourth-order valence-electron chi connectivity index (χ4n) is 3.81. The Kier molecular flexibility index (Phi) is 6.24. The summed E-state index contributed by atoms with van der Waals surface area (Å²) in [5.74, 6) is -0.0732. The highest BCUT2D eigenvalue weighted by atomic mass is 79.9. The number of amides is 1. The van der Waals surface area contributed by atoms with Gasteiger partial charge in [-0.1, -0.05) is 102 Å². The monoisotopic (exact) mass is 458 g/mol. The second-order valence-corrected chi connectivity index (χ2v) is 7.74. The molecule has 0 spiro atoms. The number of carbonyl (C=O) groups excluding carboxylic acids is 1. The molecule has 0 aliphatic heterocycles. The number of fused-ring (bicyclic) bond motifs is 1. The van der Waals surface area contributed by atoms with Crippen molar-refractivity contribution in [3.63, 3.8) is 0 Å². The van der Waals surface area contributed by atoms with Gasteiger partial charge in [-0.3, -0.25) is 4.79 Å². The van der Waals surface area contributed by atoms with Crippen LogP contribution < -0.4 is 5.32 Å². The van der Waals surface area contributed by atoms with Gasteiger partial charge in [0.15, 0.2) is 0 Å².